The highest BCUT2D eigenvalue weighted by atomic mass is 16.5. The summed E-state index contributed by atoms with van der Waals surface area (Å²) in [4.78, 5) is 14.5. The van der Waals surface area contributed by atoms with Crippen molar-refractivity contribution >= 4 is 11.7 Å². The predicted octanol–water partition coefficient (Wildman–Crippen LogP) is 3.11. The molecule has 1 N–H and O–H groups in total. The second-order valence-corrected chi connectivity index (χ2v) is 5.53. The van der Waals surface area contributed by atoms with E-state index in [4.69, 9.17) is 9.47 Å². The number of ether oxygens (including phenoxy) is 2. The van der Waals surface area contributed by atoms with Gasteiger partial charge in [-0.3, -0.25) is 0 Å². The van der Waals surface area contributed by atoms with Gasteiger partial charge < -0.3 is 24.3 Å². The molecular formula is C17H21N3O3. The van der Waals surface area contributed by atoms with E-state index in [2.05, 4.69) is 16.0 Å². The Kier molecular flexibility index (Phi) is 4.14. The molecule has 1 aliphatic rings. The minimum atomic E-state index is -0.125. The Labute approximate surface area is 135 Å². The molecule has 1 aromatic heterocycles. The standard InChI is InChI=1S/C17H21N3O3/c1-12-16-5-4-6-19(16)7-8-20(12)17(21)18-13-9-14(22-2)11-15(10-13)23-3/h4-6,9-12H,7-8H2,1-3H3,(H,18,21). The quantitative estimate of drug-likeness (QED) is 0.947. The molecule has 122 valence electrons. The van der Waals surface area contributed by atoms with Crippen molar-refractivity contribution in [1.29, 1.82) is 0 Å². The van der Waals surface area contributed by atoms with Gasteiger partial charge in [-0.05, 0) is 19.1 Å². The number of urea groups is 1. The molecule has 0 bridgehead atoms. The summed E-state index contributed by atoms with van der Waals surface area (Å²) in [6.45, 7) is 3.52. The Morgan fingerprint density at radius 2 is 1.87 bits per heavy atom. The van der Waals surface area contributed by atoms with Crippen LogP contribution in [0.3, 0.4) is 0 Å². The van der Waals surface area contributed by atoms with Crippen LogP contribution in [0.1, 0.15) is 18.7 Å². The molecule has 6 nitrogen and oxygen atoms in total. The number of anilines is 1. The molecule has 1 aromatic carbocycles. The van der Waals surface area contributed by atoms with Gasteiger partial charge >= 0.3 is 6.03 Å². The van der Waals surface area contributed by atoms with Crippen LogP contribution in [-0.2, 0) is 6.54 Å². The Hall–Kier alpha value is -2.63. The molecule has 1 atom stereocenters. The zero-order valence-corrected chi connectivity index (χ0v) is 13.6. The summed E-state index contributed by atoms with van der Waals surface area (Å²) >= 11 is 0. The van der Waals surface area contributed by atoms with Gasteiger partial charge in [-0.15, -0.1) is 0 Å². The fourth-order valence-electron chi connectivity index (χ4n) is 2.93. The molecule has 23 heavy (non-hydrogen) atoms. The number of hydrogen-bond acceptors (Lipinski definition) is 3. The van der Waals surface area contributed by atoms with Crippen LogP contribution in [0.2, 0.25) is 0 Å². The normalized spacial score (nSPS) is 16.7. The zero-order valence-electron chi connectivity index (χ0n) is 13.6. The van der Waals surface area contributed by atoms with E-state index in [0.717, 1.165) is 12.2 Å². The smallest absolute Gasteiger partial charge is 0.322 e. The summed E-state index contributed by atoms with van der Waals surface area (Å²) < 4.78 is 12.7. The van der Waals surface area contributed by atoms with Crippen LogP contribution in [0.15, 0.2) is 36.5 Å². The lowest BCUT2D eigenvalue weighted by Crippen LogP contribution is -2.43. The molecule has 1 unspecified atom stereocenters. The van der Waals surface area contributed by atoms with Crippen molar-refractivity contribution in [2.24, 2.45) is 0 Å². The van der Waals surface area contributed by atoms with Gasteiger partial charge in [0.25, 0.3) is 0 Å². The third-order valence-corrected chi connectivity index (χ3v) is 4.21. The van der Waals surface area contributed by atoms with Crippen molar-refractivity contribution in [2.75, 3.05) is 26.1 Å². The fraction of sp³-hybridized carbons (Fsp3) is 0.353. The number of amides is 2. The van der Waals surface area contributed by atoms with E-state index in [1.807, 2.05) is 24.1 Å². The van der Waals surface area contributed by atoms with Crippen molar-refractivity contribution in [3.05, 3.63) is 42.2 Å². The Morgan fingerprint density at radius 3 is 2.52 bits per heavy atom. The number of rotatable bonds is 3. The molecule has 2 amide bonds. The van der Waals surface area contributed by atoms with Crippen molar-refractivity contribution < 1.29 is 14.3 Å². The van der Waals surface area contributed by atoms with Crippen LogP contribution in [0.4, 0.5) is 10.5 Å². The summed E-state index contributed by atoms with van der Waals surface area (Å²) in [6.07, 6.45) is 2.05. The van der Waals surface area contributed by atoms with Crippen LogP contribution in [0.25, 0.3) is 0 Å². The lowest BCUT2D eigenvalue weighted by atomic mass is 10.1. The number of benzene rings is 1. The van der Waals surface area contributed by atoms with Crippen molar-refractivity contribution in [3.8, 4) is 11.5 Å². The summed E-state index contributed by atoms with van der Waals surface area (Å²) in [5, 5.41) is 2.93. The summed E-state index contributed by atoms with van der Waals surface area (Å²) in [5.41, 5.74) is 1.80. The van der Waals surface area contributed by atoms with Gasteiger partial charge in [-0.25, -0.2) is 4.79 Å². The van der Waals surface area contributed by atoms with Crippen LogP contribution in [0, 0.1) is 0 Å². The fourth-order valence-corrected chi connectivity index (χ4v) is 2.93. The first-order chi connectivity index (χ1) is 11.1. The maximum absolute atomic E-state index is 12.6. The van der Waals surface area contributed by atoms with Gasteiger partial charge in [0.1, 0.15) is 11.5 Å². The molecule has 1 aliphatic heterocycles. The molecule has 0 aliphatic carbocycles. The Balaban J connectivity index is 1.77. The van der Waals surface area contributed by atoms with Crippen LogP contribution in [0.5, 0.6) is 11.5 Å². The monoisotopic (exact) mass is 315 g/mol. The second-order valence-electron chi connectivity index (χ2n) is 5.53. The predicted molar refractivity (Wildman–Crippen MR) is 88.1 cm³/mol. The topological polar surface area (TPSA) is 55.7 Å². The van der Waals surface area contributed by atoms with Crippen molar-refractivity contribution in [3.63, 3.8) is 0 Å². The molecule has 6 heteroatoms. The van der Waals surface area contributed by atoms with E-state index in [9.17, 15) is 4.79 Å². The average molecular weight is 315 g/mol. The lowest BCUT2D eigenvalue weighted by Gasteiger charge is -2.34. The molecule has 2 aromatic rings. The van der Waals surface area contributed by atoms with Crippen molar-refractivity contribution in [1.82, 2.24) is 9.47 Å². The minimum absolute atomic E-state index is 0.0336. The zero-order chi connectivity index (χ0) is 16.4. The number of carbonyl (C=O) groups is 1. The lowest BCUT2D eigenvalue weighted by molar-refractivity contribution is 0.175. The molecule has 0 fully saturated rings. The van der Waals surface area contributed by atoms with Crippen LogP contribution >= 0.6 is 0 Å². The van der Waals surface area contributed by atoms with Gasteiger partial charge in [-0.2, -0.15) is 0 Å². The van der Waals surface area contributed by atoms with Gasteiger partial charge in [0, 0.05) is 48.9 Å². The first kappa shape index (κ1) is 15.3. The second kappa shape index (κ2) is 6.24. The van der Waals surface area contributed by atoms with E-state index in [1.165, 1.54) is 0 Å². The third-order valence-electron chi connectivity index (χ3n) is 4.21. The highest BCUT2D eigenvalue weighted by molar-refractivity contribution is 5.90. The maximum atomic E-state index is 12.6. The van der Waals surface area contributed by atoms with Gasteiger partial charge in [0.05, 0.1) is 20.3 Å². The van der Waals surface area contributed by atoms with Gasteiger partial charge in [-0.1, -0.05) is 0 Å². The van der Waals surface area contributed by atoms with E-state index in [0.29, 0.717) is 23.7 Å². The van der Waals surface area contributed by atoms with Crippen LogP contribution < -0.4 is 14.8 Å². The molecular weight excluding hydrogens is 294 g/mol. The van der Waals surface area contributed by atoms with Gasteiger partial charge in [0.15, 0.2) is 0 Å². The number of nitrogens with zero attached hydrogens (tertiary/aromatic N) is 2. The summed E-state index contributed by atoms with van der Waals surface area (Å²) in [6, 6.07) is 9.30. The number of fused-ring (bicyclic) bond motifs is 1. The van der Waals surface area contributed by atoms with Crippen molar-refractivity contribution in [2.45, 2.75) is 19.5 Å². The maximum Gasteiger partial charge on any atom is 0.322 e. The minimum Gasteiger partial charge on any atom is -0.497 e. The Bertz CT molecular complexity index is 689. The number of hydrogen-bond donors (Lipinski definition) is 1. The largest absolute Gasteiger partial charge is 0.497 e. The molecule has 0 saturated heterocycles. The molecule has 0 radical (unpaired) electrons. The van der Waals surface area contributed by atoms with Crippen LogP contribution in [-0.4, -0.2) is 36.3 Å². The molecule has 0 spiro atoms. The number of aromatic nitrogens is 1. The SMILES string of the molecule is COc1cc(NC(=O)N2CCn3cccc3C2C)cc(OC)c1. The first-order valence-corrected chi connectivity index (χ1v) is 7.58. The average Bonchev–Trinajstić information content (AvgIpc) is 3.04. The third kappa shape index (κ3) is 2.97. The summed E-state index contributed by atoms with van der Waals surface area (Å²) in [7, 11) is 3.17. The molecule has 0 saturated carbocycles. The van der Waals surface area contributed by atoms with E-state index < -0.39 is 0 Å². The van der Waals surface area contributed by atoms with Gasteiger partial charge in [0.2, 0.25) is 0 Å². The number of methoxy groups -OCH3 is 2. The molecule has 3 rings (SSSR count). The highest BCUT2D eigenvalue weighted by Gasteiger charge is 2.27. The summed E-state index contributed by atoms with van der Waals surface area (Å²) in [5.74, 6) is 1.28. The first-order valence-electron chi connectivity index (χ1n) is 7.58. The highest BCUT2D eigenvalue weighted by Crippen LogP contribution is 2.28. The molecule has 2 heterocycles. The number of carbonyl (C=O) groups excluding carboxylic acids is 1. The van der Waals surface area contributed by atoms with E-state index in [-0.39, 0.29) is 12.1 Å². The Morgan fingerprint density at radius 1 is 1.17 bits per heavy atom. The van der Waals surface area contributed by atoms with E-state index >= 15 is 0 Å². The number of nitrogens with one attached hydrogen (secondary N) is 1. The van der Waals surface area contributed by atoms with E-state index in [1.54, 1.807) is 32.4 Å².